The first-order chi connectivity index (χ1) is 7.06. The van der Waals surface area contributed by atoms with Crippen LogP contribution in [0.5, 0.6) is 0 Å². The van der Waals surface area contributed by atoms with E-state index in [2.05, 4.69) is 19.2 Å². The molecule has 0 bridgehead atoms. The average Bonchev–Trinajstić information content (AvgIpc) is 2.27. The van der Waals surface area contributed by atoms with Crippen LogP contribution in [0.2, 0.25) is 0 Å². The molecular weight excluding hydrogens is 208 g/mol. The minimum atomic E-state index is -0.922. The zero-order chi connectivity index (χ0) is 11.3. The Labute approximate surface area is 95.4 Å². The van der Waals surface area contributed by atoms with Crippen molar-refractivity contribution < 1.29 is 9.53 Å². The molecule has 0 heterocycles. The van der Waals surface area contributed by atoms with Gasteiger partial charge < -0.3 is 4.74 Å². The van der Waals surface area contributed by atoms with Gasteiger partial charge in [0.15, 0.2) is 0 Å². The lowest BCUT2D eigenvalue weighted by molar-refractivity contribution is -0.146. The van der Waals surface area contributed by atoms with Gasteiger partial charge in [-0.25, -0.2) is 0 Å². The Hall–Kier alpha value is -1.22. The second kappa shape index (κ2) is 5.03. The van der Waals surface area contributed by atoms with Crippen LogP contribution in [0.15, 0.2) is 43.0 Å². The van der Waals surface area contributed by atoms with Gasteiger partial charge in [0.25, 0.3) is 0 Å². The molecule has 0 aliphatic carbocycles. The molecule has 0 unspecified atom stereocenters. The van der Waals surface area contributed by atoms with E-state index in [-0.39, 0.29) is 12.6 Å². The van der Waals surface area contributed by atoms with Crippen molar-refractivity contribution in [3.8, 4) is 0 Å². The van der Waals surface area contributed by atoms with Crippen LogP contribution >= 0.6 is 12.6 Å². The predicted octanol–water partition coefficient (Wildman–Crippen LogP) is 2.60. The average molecular weight is 222 g/mol. The number of carbonyl (C=O) groups is 1. The Morgan fingerprint density at radius 1 is 1.53 bits per heavy atom. The summed E-state index contributed by atoms with van der Waals surface area (Å²) in [6.45, 7) is 5.45. The van der Waals surface area contributed by atoms with E-state index >= 15 is 0 Å². The van der Waals surface area contributed by atoms with Crippen molar-refractivity contribution in [1.82, 2.24) is 0 Å². The molecule has 0 radical (unpaired) electrons. The molecule has 0 fully saturated rings. The number of esters is 1. The molecule has 0 aliphatic heterocycles. The molecule has 0 amide bonds. The summed E-state index contributed by atoms with van der Waals surface area (Å²) in [4.78, 5) is 11.5. The Morgan fingerprint density at radius 3 is 2.67 bits per heavy atom. The van der Waals surface area contributed by atoms with Gasteiger partial charge in [-0.15, -0.1) is 6.58 Å². The maximum atomic E-state index is 11.5. The monoisotopic (exact) mass is 222 g/mol. The minimum absolute atomic E-state index is 0.268. The zero-order valence-corrected chi connectivity index (χ0v) is 9.54. The molecule has 0 aromatic heterocycles. The van der Waals surface area contributed by atoms with E-state index in [0.717, 1.165) is 5.56 Å². The van der Waals surface area contributed by atoms with Crippen LogP contribution in [0, 0.1) is 0 Å². The van der Waals surface area contributed by atoms with Crippen molar-refractivity contribution >= 4 is 18.6 Å². The van der Waals surface area contributed by atoms with Gasteiger partial charge in [0, 0.05) is 0 Å². The third kappa shape index (κ3) is 3.44. The van der Waals surface area contributed by atoms with Crippen LogP contribution in [0.4, 0.5) is 0 Å². The number of rotatable bonds is 4. The van der Waals surface area contributed by atoms with Gasteiger partial charge >= 0.3 is 5.97 Å². The molecule has 1 aromatic rings. The van der Waals surface area contributed by atoms with Crippen molar-refractivity contribution in [1.29, 1.82) is 0 Å². The van der Waals surface area contributed by atoms with Crippen LogP contribution < -0.4 is 0 Å². The van der Waals surface area contributed by atoms with Crippen LogP contribution in [0.1, 0.15) is 12.5 Å². The maximum Gasteiger partial charge on any atom is 0.325 e. The fourth-order valence-corrected chi connectivity index (χ4v) is 1.02. The normalized spacial score (nSPS) is 14.0. The molecular formula is C12H14O2S. The van der Waals surface area contributed by atoms with Gasteiger partial charge in [-0.3, -0.25) is 4.79 Å². The molecule has 0 saturated carbocycles. The molecule has 1 aromatic carbocycles. The third-order valence-electron chi connectivity index (χ3n) is 2.02. The predicted molar refractivity (Wildman–Crippen MR) is 63.8 cm³/mol. The summed E-state index contributed by atoms with van der Waals surface area (Å²) in [5.41, 5.74) is 0.957. The van der Waals surface area contributed by atoms with E-state index in [9.17, 15) is 4.79 Å². The molecule has 1 atom stereocenters. The first-order valence-electron chi connectivity index (χ1n) is 4.63. The lowest BCUT2D eigenvalue weighted by Gasteiger charge is -2.16. The van der Waals surface area contributed by atoms with E-state index in [0.29, 0.717) is 0 Å². The standard InChI is InChI=1S/C12H14O2S/c1-3-12(2,15)11(13)14-9-10-7-5-4-6-8-10/h3-8,15H,1,9H2,2H3/t12-/m0/s1. The lowest BCUT2D eigenvalue weighted by Crippen LogP contribution is -2.28. The quantitative estimate of drug-likeness (QED) is 0.481. The lowest BCUT2D eigenvalue weighted by atomic mass is 10.2. The number of thiol groups is 1. The van der Waals surface area contributed by atoms with E-state index in [1.54, 1.807) is 6.92 Å². The van der Waals surface area contributed by atoms with Crippen molar-refractivity contribution in [2.24, 2.45) is 0 Å². The van der Waals surface area contributed by atoms with Crippen molar-refractivity contribution in [2.45, 2.75) is 18.3 Å². The molecule has 2 nitrogen and oxygen atoms in total. The molecule has 1 rings (SSSR count). The molecule has 0 N–H and O–H groups in total. The Balaban J connectivity index is 2.52. The summed E-state index contributed by atoms with van der Waals surface area (Å²) >= 11 is 4.14. The van der Waals surface area contributed by atoms with Crippen molar-refractivity contribution in [2.75, 3.05) is 0 Å². The largest absolute Gasteiger partial charge is 0.460 e. The second-order valence-corrected chi connectivity index (χ2v) is 4.34. The third-order valence-corrected chi connectivity index (χ3v) is 2.39. The second-order valence-electron chi connectivity index (χ2n) is 3.41. The van der Waals surface area contributed by atoms with Gasteiger partial charge in [0.05, 0.1) is 0 Å². The molecule has 0 saturated heterocycles. The fourth-order valence-electron chi connectivity index (χ4n) is 0.953. The highest BCUT2D eigenvalue weighted by Gasteiger charge is 2.26. The van der Waals surface area contributed by atoms with Gasteiger partial charge in [-0.1, -0.05) is 36.4 Å². The first-order valence-corrected chi connectivity index (χ1v) is 5.08. The number of hydrogen-bond acceptors (Lipinski definition) is 3. The SMILES string of the molecule is C=C[C@](C)(S)C(=O)OCc1ccccc1. The summed E-state index contributed by atoms with van der Waals surface area (Å²) in [6, 6.07) is 9.51. The Bertz CT molecular complexity index is 344. The van der Waals surface area contributed by atoms with Gasteiger partial charge in [-0.05, 0) is 12.5 Å². The molecule has 15 heavy (non-hydrogen) atoms. The summed E-state index contributed by atoms with van der Waals surface area (Å²) in [5.74, 6) is -0.385. The topological polar surface area (TPSA) is 26.3 Å². The molecule has 3 heteroatoms. The van der Waals surface area contributed by atoms with Crippen molar-refractivity contribution in [3.05, 3.63) is 48.6 Å². The zero-order valence-electron chi connectivity index (χ0n) is 8.64. The number of carbonyl (C=O) groups excluding carboxylic acids is 1. The molecule has 0 spiro atoms. The van der Waals surface area contributed by atoms with Gasteiger partial charge in [0.1, 0.15) is 11.4 Å². The van der Waals surface area contributed by atoms with Crippen LogP contribution in [-0.2, 0) is 16.1 Å². The highest BCUT2D eigenvalue weighted by atomic mass is 32.1. The summed E-state index contributed by atoms with van der Waals surface area (Å²) in [7, 11) is 0. The first kappa shape index (κ1) is 11.9. The number of benzene rings is 1. The molecule has 80 valence electrons. The smallest absolute Gasteiger partial charge is 0.325 e. The summed E-state index contributed by atoms with van der Waals surface area (Å²) in [5, 5.41) is 0. The van der Waals surface area contributed by atoms with Crippen LogP contribution in [-0.4, -0.2) is 10.7 Å². The van der Waals surface area contributed by atoms with Gasteiger partial charge in [0.2, 0.25) is 0 Å². The Morgan fingerprint density at radius 2 is 2.13 bits per heavy atom. The highest BCUT2D eigenvalue weighted by Crippen LogP contribution is 2.17. The summed E-state index contributed by atoms with van der Waals surface area (Å²) < 4.78 is 4.18. The minimum Gasteiger partial charge on any atom is -0.460 e. The fraction of sp³-hybridized carbons (Fsp3) is 0.250. The van der Waals surface area contributed by atoms with Crippen LogP contribution in [0.25, 0.3) is 0 Å². The van der Waals surface area contributed by atoms with Crippen molar-refractivity contribution in [3.63, 3.8) is 0 Å². The van der Waals surface area contributed by atoms with Crippen LogP contribution in [0.3, 0.4) is 0 Å². The van der Waals surface area contributed by atoms with E-state index in [1.807, 2.05) is 30.3 Å². The van der Waals surface area contributed by atoms with E-state index in [4.69, 9.17) is 4.74 Å². The number of ether oxygens (including phenoxy) is 1. The van der Waals surface area contributed by atoms with E-state index < -0.39 is 4.75 Å². The molecule has 0 aliphatic rings. The Kier molecular flexibility index (Phi) is 3.97. The van der Waals surface area contributed by atoms with Gasteiger partial charge in [-0.2, -0.15) is 12.6 Å². The van der Waals surface area contributed by atoms with E-state index in [1.165, 1.54) is 6.08 Å². The number of hydrogen-bond donors (Lipinski definition) is 1. The summed E-state index contributed by atoms with van der Waals surface area (Å²) in [6.07, 6.45) is 1.46. The highest BCUT2D eigenvalue weighted by molar-refractivity contribution is 7.82. The maximum absolute atomic E-state index is 11.5.